The number of hydrogen-bond donors (Lipinski definition) is 0. The van der Waals surface area contributed by atoms with Crippen molar-refractivity contribution in [1.29, 1.82) is 0 Å². The summed E-state index contributed by atoms with van der Waals surface area (Å²) in [6.07, 6.45) is 2.51. The van der Waals surface area contributed by atoms with Crippen molar-refractivity contribution in [3.05, 3.63) is 23.8 Å². The highest BCUT2D eigenvalue weighted by atomic mass is 16.5. The zero-order valence-electron chi connectivity index (χ0n) is 12.7. The van der Waals surface area contributed by atoms with Crippen molar-refractivity contribution in [2.24, 2.45) is 0 Å². The first kappa shape index (κ1) is 15.1. The molecule has 4 nitrogen and oxygen atoms in total. The number of anilines is 1. The molecule has 4 heteroatoms. The third-order valence-electron chi connectivity index (χ3n) is 3.84. The Hall–Kier alpha value is -1.26. The first-order valence-electron chi connectivity index (χ1n) is 7.24. The number of benzene rings is 1. The summed E-state index contributed by atoms with van der Waals surface area (Å²) >= 11 is 0. The van der Waals surface area contributed by atoms with Crippen LogP contribution in [0.15, 0.2) is 18.2 Å². The first-order valence-corrected chi connectivity index (χ1v) is 7.24. The van der Waals surface area contributed by atoms with Crippen LogP contribution in [0.25, 0.3) is 0 Å². The summed E-state index contributed by atoms with van der Waals surface area (Å²) in [5.74, 6) is 0.959. The van der Waals surface area contributed by atoms with Crippen molar-refractivity contribution in [3.8, 4) is 5.75 Å². The summed E-state index contributed by atoms with van der Waals surface area (Å²) in [5.41, 5.74) is 2.41. The highest BCUT2D eigenvalue weighted by Gasteiger charge is 2.20. The molecule has 0 unspecified atom stereocenters. The lowest BCUT2D eigenvalue weighted by molar-refractivity contribution is 0.00610. The van der Waals surface area contributed by atoms with Gasteiger partial charge in [0, 0.05) is 32.0 Å². The van der Waals surface area contributed by atoms with Gasteiger partial charge < -0.3 is 19.1 Å². The van der Waals surface area contributed by atoms with Crippen molar-refractivity contribution < 1.29 is 14.2 Å². The van der Waals surface area contributed by atoms with E-state index in [2.05, 4.69) is 30.0 Å². The van der Waals surface area contributed by atoms with E-state index in [4.69, 9.17) is 14.2 Å². The summed E-state index contributed by atoms with van der Waals surface area (Å²) in [4.78, 5) is 2.40. The molecule has 0 bridgehead atoms. The van der Waals surface area contributed by atoms with Crippen molar-refractivity contribution in [3.63, 3.8) is 0 Å². The fraction of sp³-hybridized carbons (Fsp3) is 0.625. The maximum Gasteiger partial charge on any atom is 0.123 e. The maximum absolute atomic E-state index is 5.80. The number of ether oxygens (including phenoxy) is 3. The molecule has 0 radical (unpaired) electrons. The van der Waals surface area contributed by atoms with Gasteiger partial charge >= 0.3 is 0 Å². The molecule has 1 aromatic rings. The van der Waals surface area contributed by atoms with E-state index in [-0.39, 0.29) is 0 Å². The third kappa shape index (κ3) is 3.87. The standard InChI is InChI=1S/C16H25NO3/c1-13-4-5-14(12-16(13)19-3)17-8-6-15(7-9-17)20-11-10-18-2/h4-5,12,15H,6-11H2,1-3H3. The Morgan fingerprint density at radius 3 is 2.55 bits per heavy atom. The molecule has 0 N–H and O–H groups in total. The highest BCUT2D eigenvalue weighted by Crippen LogP contribution is 2.27. The lowest BCUT2D eigenvalue weighted by atomic mass is 10.1. The molecule has 1 saturated heterocycles. The Kier molecular flexibility index (Phi) is 5.68. The first-order chi connectivity index (χ1) is 9.74. The van der Waals surface area contributed by atoms with Gasteiger partial charge in [0.05, 0.1) is 26.4 Å². The smallest absolute Gasteiger partial charge is 0.123 e. The van der Waals surface area contributed by atoms with Crippen molar-refractivity contribution in [1.82, 2.24) is 0 Å². The van der Waals surface area contributed by atoms with Crippen LogP contribution in [0.4, 0.5) is 5.69 Å². The second-order valence-electron chi connectivity index (χ2n) is 5.20. The van der Waals surface area contributed by atoms with Crippen molar-refractivity contribution in [2.75, 3.05) is 45.4 Å². The van der Waals surface area contributed by atoms with Crippen LogP contribution in [0, 0.1) is 6.92 Å². The fourth-order valence-electron chi connectivity index (χ4n) is 2.58. The Morgan fingerprint density at radius 2 is 1.90 bits per heavy atom. The lowest BCUT2D eigenvalue weighted by Crippen LogP contribution is -2.37. The van der Waals surface area contributed by atoms with Gasteiger partial charge in [0.2, 0.25) is 0 Å². The SMILES string of the molecule is COCCOC1CCN(c2ccc(C)c(OC)c2)CC1. The number of piperidine rings is 1. The molecule has 0 saturated carbocycles. The van der Waals surface area contributed by atoms with Gasteiger partial charge in [-0.25, -0.2) is 0 Å². The molecule has 1 fully saturated rings. The average molecular weight is 279 g/mol. The molecule has 20 heavy (non-hydrogen) atoms. The van der Waals surface area contributed by atoms with E-state index in [1.807, 2.05) is 0 Å². The van der Waals surface area contributed by atoms with Gasteiger partial charge in [0.25, 0.3) is 0 Å². The van der Waals surface area contributed by atoms with E-state index in [0.717, 1.165) is 31.7 Å². The molecule has 0 amide bonds. The lowest BCUT2D eigenvalue weighted by Gasteiger charge is -2.33. The zero-order chi connectivity index (χ0) is 14.4. The predicted octanol–water partition coefficient (Wildman–Crippen LogP) is 2.64. The van der Waals surface area contributed by atoms with Crippen molar-refractivity contribution >= 4 is 5.69 Å². The van der Waals surface area contributed by atoms with Crippen LogP contribution in [0.2, 0.25) is 0 Å². The topological polar surface area (TPSA) is 30.9 Å². The fourth-order valence-corrected chi connectivity index (χ4v) is 2.58. The number of nitrogens with zero attached hydrogens (tertiary/aromatic N) is 1. The minimum absolute atomic E-state index is 0.369. The van der Waals surface area contributed by atoms with E-state index in [9.17, 15) is 0 Å². The monoisotopic (exact) mass is 279 g/mol. The molecule has 1 aliphatic heterocycles. The van der Waals surface area contributed by atoms with Gasteiger partial charge in [-0.3, -0.25) is 0 Å². The van der Waals surface area contributed by atoms with Gasteiger partial charge in [0.1, 0.15) is 5.75 Å². The highest BCUT2D eigenvalue weighted by molar-refractivity contribution is 5.53. The Labute approximate surface area is 121 Å². The molecule has 2 rings (SSSR count). The van der Waals surface area contributed by atoms with Crippen LogP contribution in [0.3, 0.4) is 0 Å². The van der Waals surface area contributed by atoms with Crippen molar-refractivity contribution in [2.45, 2.75) is 25.9 Å². The molecule has 0 aromatic heterocycles. The minimum atomic E-state index is 0.369. The van der Waals surface area contributed by atoms with Crippen LogP contribution in [0.5, 0.6) is 5.75 Å². The molecular formula is C16H25NO3. The summed E-state index contributed by atoms with van der Waals surface area (Å²) in [7, 11) is 3.43. The van der Waals surface area contributed by atoms with Gasteiger partial charge in [-0.2, -0.15) is 0 Å². The molecule has 0 aliphatic carbocycles. The zero-order valence-corrected chi connectivity index (χ0v) is 12.7. The van der Waals surface area contributed by atoms with Crippen LogP contribution in [0.1, 0.15) is 18.4 Å². The summed E-state index contributed by atoms with van der Waals surface area (Å²) in [6.45, 7) is 5.50. The Balaban J connectivity index is 1.87. The molecule has 1 heterocycles. The van der Waals surface area contributed by atoms with E-state index in [1.54, 1.807) is 14.2 Å². The minimum Gasteiger partial charge on any atom is -0.496 e. The van der Waals surface area contributed by atoms with Gasteiger partial charge in [0.15, 0.2) is 0 Å². The summed E-state index contributed by atoms with van der Waals surface area (Å²) < 4.78 is 16.2. The number of rotatable bonds is 6. The van der Waals surface area contributed by atoms with Crippen LogP contribution >= 0.6 is 0 Å². The predicted molar refractivity (Wildman–Crippen MR) is 80.8 cm³/mol. The molecule has 1 aliphatic rings. The summed E-state index contributed by atoms with van der Waals surface area (Å²) in [6, 6.07) is 6.42. The van der Waals surface area contributed by atoms with Crippen LogP contribution in [-0.2, 0) is 9.47 Å². The third-order valence-corrected chi connectivity index (χ3v) is 3.84. The average Bonchev–Trinajstić information content (AvgIpc) is 2.49. The van der Waals surface area contributed by atoms with E-state index in [1.165, 1.54) is 11.3 Å². The van der Waals surface area contributed by atoms with Gasteiger partial charge in [-0.15, -0.1) is 0 Å². The normalized spacial score (nSPS) is 16.4. The number of hydrogen-bond acceptors (Lipinski definition) is 4. The Bertz CT molecular complexity index is 414. The van der Waals surface area contributed by atoms with Crippen LogP contribution < -0.4 is 9.64 Å². The molecule has 1 aromatic carbocycles. The number of methoxy groups -OCH3 is 2. The maximum atomic E-state index is 5.80. The van der Waals surface area contributed by atoms with Crippen LogP contribution in [-0.4, -0.2) is 46.6 Å². The van der Waals surface area contributed by atoms with E-state index < -0.39 is 0 Å². The van der Waals surface area contributed by atoms with E-state index >= 15 is 0 Å². The second-order valence-corrected chi connectivity index (χ2v) is 5.20. The summed E-state index contributed by atoms with van der Waals surface area (Å²) in [5, 5.41) is 0. The Morgan fingerprint density at radius 1 is 1.15 bits per heavy atom. The largest absolute Gasteiger partial charge is 0.496 e. The van der Waals surface area contributed by atoms with E-state index in [0.29, 0.717) is 19.3 Å². The molecule has 0 spiro atoms. The molecule has 112 valence electrons. The molecule has 0 atom stereocenters. The molecular weight excluding hydrogens is 254 g/mol. The number of aryl methyl sites for hydroxylation is 1. The van der Waals surface area contributed by atoms with Gasteiger partial charge in [-0.05, 0) is 31.4 Å². The van der Waals surface area contributed by atoms with Gasteiger partial charge in [-0.1, -0.05) is 6.07 Å². The quantitative estimate of drug-likeness (QED) is 0.749. The second kappa shape index (κ2) is 7.50.